The Labute approximate surface area is 119 Å². The number of carbonyl (C=O) groups excluding carboxylic acids is 1. The van der Waals surface area contributed by atoms with Gasteiger partial charge >= 0.3 is 0 Å². The number of amides is 1. The van der Waals surface area contributed by atoms with Crippen molar-refractivity contribution in [2.24, 2.45) is 0 Å². The van der Waals surface area contributed by atoms with Crippen LogP contribution in [0.15, 0.2) is 29.0 Å². The van der Waals surface area contributed by atoms with Gasteiger partial charge in [0.2, 0.25) is 18.2 Å². The number of anilines is 1. The number of carbonyl (C=O) groups is 1. The minimum absolute atomic E-state index is 0.0741. The standard InChI is InChI=1S/C13H12FN3O2S/c1-20-13(4-5-13)12(18)16-8-2-3-9(10(14)6-8)11-17-15-7-19-11/h2-3,6-7H,4-5H2,1H3,(H,16,18). The zero-order chi connectivity index (χ0) is 14.2. The largest absolute Gasteiger partial charge is 0.423 e. The normalized spacial score (nSPS) is 15.9. The minimum atomic E-state index is -0.513. The molecule has 1 fully saturated rings. The lowest BCUT2D eigenvalue weighted by atomic mass is 10.2. The van der Waals surface area contributed by atoms with Crippen molar-refractivity contribution in [3.05, 3.63) is 30.4 Å². The Morgan fingerprint density at radius 3 is 2.85 bits per heavy atom. The summed E-state index contributed by atoms with van der Waals surface area (Å²) in [5.41, 5.74) is 0.641. The Balaban J connectivity index is 1.79. The van der Waals surface area contributed by atoms with Gasteiger partial charge in [-0.1, -0.05) is 0 Å². The van der Waals surface area contributed by atoms with E-state index in [0.717, 1.165) is 19.2 Å². The fourth-order valence-corrected chi connectivity index (χ4v) is 2.69. The van der Waals surface area contributed by atoms with Gasteiger partial charge in [-0.3, -0.25) is 4.79 Å². The number of hydrogen-bond acceptors (Lipinski definition) is 5. The first-order valence-electron chi connectivity index (χ1n) is 6.07. The van der Waals surface area contributed by atoms with Crippen LogP contribution in [0, 0.1) is 5.82 Å². The van der Waals surface area contributed by atoms with Crippen molar-refractivity contribution in [1.29, 1.82) is 0 Å². The Bertz CT molecular complexity index is 641. The van der Waals surface area contributed by atoms with Gasteiger partial charge in [0.25, 0.3) is 0 Å². The molecule has 3 rings (SSSR count). The highest BCUT2D eigenvalue weighted by molar-refractivity contribution is 8.01. The number of hydrogen-bond donors (Lipinski definition) is 1. The van der Waals surface area contributed by atoms with Crippen molar-refractivity contribution in [3.63, 3.8) is 0 Å². The van der Waals surface area contributed by atoms with Gasteiger partial charge in [-0.2, -0.15) is 0 Å². The second-order valence-corrected chi connectivity index (χ2v) is 5.78. The Morgan fingerprint density at radius 1 is 1.50 bits per heavy atom. The van der Waals surface area contributed by atoms with Crippen LogP contribution in [-0.2, 0) is 4.79 Å². The fraction of sp³-hybridized carbons (Fsp3) is 0.308. The van der Waals surface area contributed by atoms with E-state index < -0.39 is 5.82 Å². The summed E-state index contributed by atoms with van der Waals surface area (Å²) < 4.78 is 18.6. The molecule has 0 atom stereocenters. The number of thioether (sulfide) groups is 1. The lowest BCUT2D eigenvalue weighted by molar-refractivity contribution is -0.116. The van der Waals surface area contributed by atoms with Crippen LogP contribution in [0.25, 0.3) is 11.5 Å². The summed E-state index contributed by atoms with van der Waals surface area (Å²) in [5.74, 6) is -0.473. The molecule has 1 aromatic carbocycles. The van der Waals surface area contributed by atoms with Crippen LogP contribution >= 0.6 is 11.8 Å². The van der Waals surface area contributed by atoms with E-state index in [0.29, 0.717) is 5.69 Å². The molecule has 1 amide bonds. The smallest absolute Gasteiger partial charge is 0.250 e. The topological polar surface area (TPSA) is 68.0 Å². The van der Waals surface area contributed by atoms with E-state index in [4.69, 9.17) is 4.42 Å². The van der Waals surface area contributed by atoms with Gasteiger partial charge in [0.1, 0.15) is 5.82 Å². The van der Waals surface area contributed by atoms with Crippen LogP contribution in [-0.4, -0.2) is 27.1 Å². The highest BCUT2D eigenvalue weighted by atomic mass is 32.2. The average Bonchev–Trinajstić information content (AvgIpc) is 3.07. The lowest BCUT2D eigenvalue weighted by Gasteiger charge is -2.12. The molecule has 104 valence electrons. The average molecular weight is 293 g/mol. The summed E-state index contributed by atoms with van der Waals surface area (Å²) in [5, 5.41) is 9.90. The van der Waals surface area contributed by atoms with Crippen LogP contribution in [0.2, 0.25) is 0 Å². The molecule has 20 heavy (non-hydrogen) atoms. The van der Waals surface area contributed by atoms with Gasteiger partial charge in [-0.25, -0.2) is 4.39 Å². The number of rotatable bonds is 4. The summed E-state index contributed by atoms with van der Waals surface area (Å²) in [6.45, 7) is 0. The van der Waals surface area contributed by atoms with Crippen LogP contribution in [0.4, 0.5) is 10.1 Å². The monoisotopic (exact) mass is 293 g/mol. The molecule has 0 saturated heterocycles. The van der Waals surface area contributed by atoms with Gasteiger partial charge in [-0.05, 0) is 37.3 Å². The zero-order valence-electron chi connectivity index (χ0n) is 10.7. The minimum Gasteiger partial charge on any atom is -0.423 e. The first kappa shape index (κ1) is 13.1. The van der Waals surface area contributed by atoms with Crippen molar-refractivity contribution < 1.29 is 13.6 Å². The molecule has 1 heterocycles. The number of nitrogens with zero attached hydrogens (tertiary/aromatic N) is 2. The molecule has 1 aromatic heterocycles. The number of aromatic nitrogens is 2. The van der Waals surface area contributed by atoms with Crippen LogP contribution in [0.3, 0.4) is 0 Å². The maximum absolute atomic E-state index is 14.0. The van der Waals surface area contributed by atoms with Crippen molar-refractivity contribution >= 4 is 23.4 Å². The van der Waals surface area contributed by atoms with E-state index in [2.05, 4.69) is 15.5 Å². The first-order chi connectivity index (χ1) is 9.64. The Morgan fingerprint density at radius 2 is 2.30 bits per heavy atom. The quantitative estimate of drug-likeness (QED) is 0.938. The highest BCUT2D eigenvalue weighted by Crippen LogP contribution is 2.47. The second kappa shape index (κ2) is 4.90. The lowest BCUT2D eigenvalue weighted by Crippen LogP contribution is -2.26. The molecule has 1 N–H and O–H groups in total. The van der Waals surface area contributed by atoms with E-state index in [9.17, 15) is 9.18 Å². The fourth-order valence-electron chi connectivity index (χ4n) is 1.94. The summed E-state index contributed by atoms with van der Waals surface area (Å²) in [7, 11) is 0. The predicted octanol–water partition coefficient (Wildman–Crippen LogP) is 2.71. The Kier molecular flexibility index (Phi) is 3.21. The third-order valence-electron chi connectivity index (χ3n) is 3.33. The van der Waals surface area contributed by atoms with Crippen molar-refractivity contribution in [2.45, 2.75) is 17.6 Å². The molecule has 0 aliphatic heterocycles. The van der Waals surface area contributed by atoms with Crippen LogP contribution in [0.1, 0.15) is 12.8 Å². The van der Waals surface area contributed by atoms with Crippen LogP contribution in [0.5, 0.6) is 0 Å². The van der Waals surface area contributed by atoms with Gasteiger partial charge in [0.05, 0.1) is 10.3 Å². The van der Waals surface area contributed by atoms with Gasteiger partial charge in [0.15, 0.2) is 0 Å². The molecular weight excluding hydrogens is 281 g/mol. The van der Waals surface area contributed by atoms with Gasteiger partial charge < -0.3 is 9.73 Å². The number of nitrogens with one attached hydrogen (secondary N) is 1. The first-order valence-corrected chi connectivity index (χ1v) is 7.30. The number of halogens is 1. The third-order valence-corrected chi connectivity index (χ3v) is 4.70. The van der Waals surface area contributed by atoms with E-state index in [-0.39, 0.29) is 22.1 Å². The summed E-state index contributed by atoms with van der Waals surface area (Å²) in [6, 6.07) is 4.39. The Hall–Kier alpha value is -1.89. The molecular formula is C13H12FN3O2S. The van der Waals surface area contributed by atoms with E-state index in [1.807, 2.05) is 6.26 Å². The molecule has 7 heteroatoms. The van der Waals surface area contributed by atoms with E-state index >= 15 is 0 Å². The van der Waals surface area contributed by atoms with Gasteiger partial charge in [-0.15, -0.1) is 22.0 Å². The summed E-state index contributed by atoms with van der Waals surface area (Å²) >= 11 is 1.53. The highest BCUT2D eigenvalue weighted by Gasteiger charge is 2.49. The molecule has 0 bridgehead atoms. The van der Waals surface area contributed by atoms with Crippen molar-refractivity contribution in [2.75, 3.05) is 11.6 Å². The molecule has 1 saturated carbocycles. The zero-order valence-corrected chi connectivity index (χ0v) is 11.5. The summed E-state index contributed by atoms with van der Waals surface area (Å²) in [4.78, 5) is 12.1. The predicted molar refractivity (Wildman–Crippen MR) is 73.8 cm³/mol. The van der Waals surface area contributed by atoms with Crippen molar-refractivity contribution in [1.82, 2.24) is 10.2 Å². The van der Waals surface area contributed by atoms with Gasteiger partial charge in [0, 0.05) is 5.69 Å². The second-order valence-electron chi connectivity index (χ2n) is 4.59. The van der Waals surface area contributed by atoms with Crippen molar-refractivity contribution in [3.8, 4) is 11.5 Å². The molecule has 2 aromatic rings. The molecule has 0 unspecified atom stereocenters. The molecule has 1 aliphatic carbocycles. The number of benzene rings is 1. The van der Waals surface area contributed by atoms with E-state index in [1.165, 1.54) is 23.9 Å². The third kappa shape index (κ3) is 2.29. The molecule has 0 spiro atoms. The van der Waals surface area contributed by atoms with Crippen LogP contribution < -0.4 is 5.32 Å². The maximum Gasteiger partial charge on any atom is 0.250 e. The van der Waals surface area contributed by atoms with E-state index in [1.54, 1.807) is 6.07 Å². The molecule has 5 nitrogen and oxygen atoms in total. The maximum atomic E-state index is 14.0. The molecule has 1 aliphatic rings. The SMILES string of the molecule is CSC1(C(=O)Nc2ccc(-c3nnco3)c(F)c2)CC1. The molecule has 0 radical (unpaired) electrons. The summed E-state index contributed by atoms with van der Waals surface area (Å²) in [6.07, 6.45) is 4.77.